The highest BCUT2D eigenvalue weighted by Crippen LogP contribution is 2.16. The number of pyridine rings is 1. The molecule has 1 heterocycles. The van der Waals surface area contributed by atoms with Crippen molar-refractivity contribution in [3.8, 4) is 0 Å². The summed E-state index contributed by atoms with van der Waals surface area (Å²) in [6, 6.07) is 12.6. The van der Waals surface area contributed by atoms with Gasteiger partial charge in [0.05, 0.1) is 6.10 Å². The first-order valence-corrected chi connectivity index (χ1v) is 5.65. The van der Waals surface area contributed by atoms with Crippen LogP contribution in [0.3, 0.4) is 0 Å². The Kier molecular flexibility index (Phi) is 3.73. The number of hydrogen-bond donors (Lipinski definition) is 1. The second-order valence-electron chi connectivity index (χ2n) is 3.99. The SMILES string of the molecule is O=c1ccn(CC[C@@H](O)c2ccccc2)cc1. The normalized spacial score (nSPS) is 12.3. The van der Waals surface area contributed by atoms with E-state index in [0.29, 0.717) is 13.0 Å². The summed E-state index contributed by atoms with van der Waals surface area (Å²) in [5, 5.41) is 9.96. The van der Waals surface area contributed by atoms with E-state index in [2.05, 4.69) is 0 Å². The molecule has 0 radical (unpaired) electrons. The lowest BCUT2D eigenvalue weighted by molar-refractivity contribution is 0.161. The molecule has 1 aromatic heterocycles. The fourth-order valence-corrected chi connectivity index (χ4v) is 1.71. The maximum atomic E-state index is 10.9. The van der Waals surface area contributed by atoms with Crippen LogP contribution in [0.5, 0.6) is 0 Å². The van der Waals surface area contributed by atoms with Crippen LogP contribution in [0.15, 0.2) is 59.7 Å². The molecule has 1 aromatic carbocycles. The van der Waals surface area contributed by atoms with E-state index in [1.54, 1.807) is 12.4 Å². The van der Waals surface area contributed by atoms with Crippen LogP contribution >= 0.6 is 0 Å². The van der Waals surface area contributed by atoms with Crippen molar-refractivity contribution in [2.24, 2.45) is 0 Å². The third-order valence-electron chi connectivity index (χ3n) is 2.71. The molecule has 3 nitrogen and oxygen atoms in total. The molecule has 2 rings (SSSR count). The molecular weight excluding hydrogens is 214 g/mol. The predicted molar refractivity (Wildman–Crippen MR) is 66.7 cm³/mol. The third kappa shape index (κ3) is 3.29. The number of aryl methyl sites for hydroxylation is 1. The van der Waals surface area contributed by atoms with Crippen molar-refractivity contribution in [1.29, 1.82) is 0 Å². The van der Waals surface area contributed by atoms with Crippen LogP contribution in [0.1, 0.15) is 18.1 Å². The van der Waals surface area contributed by atoms with E-state index in [1.807, 2.05) is 34.9 Å². The van der Waals surface area contributed by atoms with Crippen LogP contribution in [-0.2, 0) is 6.54 Å². The summed E-state index contributed by atoms with van der Waals surface area (Å²) in [7, 11) is 0. The summed E-state index contributed by atoms with van der Waals surface area (Å²) in [5.41, 5.74) is 0.929. The zero-order valence-electron chi connectivity index (χ0n) is 9.49. The van der Waals surface area contributed by atoms with Gasteiger partial charge in [0, 0.05) is 31.1 Å². The molecule has 0 aliphatic rings. The van der Waals surface area contributed by atoms with Crippen LogP contribution in [-0.4, -0.2) is 9.67 Å². The summed E-state index contributed by atoms with van der Waals surface area (Å²) in [4.78, 5) is 10.9. The smallest absolute Gasteiger partial charge is 0.181 e. The molecule has 0 unspecified atom stereocenters. The van der Waals surface area contributed by atoms with Crippen LogP contribution in [0, 0.1) is 0 Å². The lowest BCUT2D eigenvalue weighted by Crippen LogP contribution is -2.07. The first-order valence-electron chi connectivity index (χ1n) is 5.65. The summed E-state index contributed by atoms with van der Waals surface area (Å²) in [6.45, 7) is 0.691. The molecule has 88 valence electrons. The number of rotatable bonds is 4. The van der Waals surface area contributed by atoms with Gasteiger partial charge in [0.1, 0.15) is 0 Å². The van der Waals surface area contributed by atoms with Crippen LogP contribution < -0.4 is 5.43 Å². The number of nitrogens with zero attached hydrogens (tertiary/aromatic N) is 1. The van der Waals surface area contributed by atoms with Crippen LogP contribution in [0.2, 0.25) is 0 Å². The summed E-state index contributed by atoms with van der Waals surface area (Å²) >= 11 is 0. The van der Waals surface area contributed by atoms with Gasteiger partial charge in [-0.3, -0.25) is 4.79 Å². The van der Waals surface area contributed by atoms with Gasteiger partial charge in [-0.15, -0.1) is 0 Å². The van der Waals surface area contributed by atoms with Gasteiger partial charge in [-0.25, -0.2) is 0 Å². The summed E-state index contributed by atoms with van der Waals surface area (Å²) in [6.07, 6.45) is 3.64. The first-order chi connectivity index (χ1) is 8.25. The summed E-state index contributed by atoms with van der Waals surface area (Å²) in [5.74, 6) is 0. The second kappa shape index (κ2) is 5.46. The molecule has 0 amide bonds. The molecule has 0 aliphatic carbocycles. The van der Waals surface area contributed by atoms with Crippen molar-refractivity contribution < 1.29 is 5.11 Å². The first kappa shape index (κ1) is 11.6. The molecule has 0 aliphatic heterocycles. The fourth-order valence-electron chi connectivity index (χ4n) is 1.71. The van der Waals surface area contributed by atoms with E-state index in [-0.39, 0.29) is 5.43 Å². The Bertz CT molecular complexity index is 499. The monoisotopic (exact) mass is 229 g/mol. The molecule has 0 bridgehead atoms. The Morgan fingerprint density at radius 2 is 1.71 bits per heavy atom. The van der Waals surface area contributed by atoms with Gasteiger partial charge in [0.15, 0.2) is 5.43 Å². The second-order valence-corrected chi connectivity index (χ2v) is 3.99. The molecule has 0 saturated heterocycles. The van der Waals surface area contributed by atoms with Crippen LogP contribution in [0.4, 0.5) is 0 Å². The topological polar surface area (TPSA) is 42.2 Å². The molecule has 1 N–H and O–H groups in total. The number of hydrogen-bond acceptors (Lipinski definition) is 2. The number of aromatic nitrogens is 1. The van der Waals surface area contributed by atoms with E-state index < -0.39 is 6.10 Å². The summed E-state index contributed by atoms with van der Waals surface area (Å²) < 4.78 is 1.90. The Labute approximate surface area is 100.0 Å². The number of aliphatic hydroxyl groups is 1. The van der Waals surface area contributed by atoms with Crippen molar-refractivity contribution in [3.63, 3.8) is 0 Å². The highest BCUT2D eigenvalue weighted by atomic mass is 16.3. The van der Waals surface area contributed by atoms with Crippen molar-refractivity contribution in [2.75, 3.05) is 0 Å². The molecule has 1 atom stereocenters. The molecule has 17 heavy (non-hydrogen) atoms. The molecule has 0 fully saturated rings. The molecule has 0 saturated carbocycles. The van der Waals surface area contributed by atoms with E-state index in [1.165, 1.54) is 12.1 Å². The predicted octanol–water partition coefficient (Wildman–Crippen LogP) is 1.97. The maximum Gasteiger partial charge on any atom is 0.181 e. The van der Waals surface area contributed by atoms with Gasteiger partial charge in [0.2, 0.25) is 0 Å². The lowest BCUT2D eigenvalue weighted by Gasteiger charge is -2.12. The average molecular weight is 229 g/mol. The van der Waals surface area contributed by atoms with Crippen molar-refractivity contribution in [1.82, 2.24) is 4.57 Å². The standard InChI is InChI=1S/C14H15NO2/c16-13-6-9-15(10-7-13)11-8-14(17)12-4-2-1-3-5-12/h1-7,9-10,14,17H,8,11H2/t14-/m1/s1. The van der Waals surface area contributed by atoms with E-state index >= 15 is 0 Å². The zero-order valence-corrected chi connectivity index (χ0v) is 9.49. The average Bonchev–Trinajstić information content (AvgIpc) is 2.39. The minimum absolute atomic E-state index is 0.00450. The van der Waals surface area contributed by atoms with Crippen LogP contribution in [0.25, 0.3) is 0 Å². The molecular formula is C14H15NO2. The number of benzene rings is 1. The highest BCUT2D eigenvalue weighted by molar-refractivity contribution is 5.17. The van der Waals surface area contributed by atoms with Gasteiger partial charge in [-0.2, -0.15) is 0 Å². The largest absolute Gasteiger partial charge is 0.388 e. The highest BCUT2D eigenvalue weighted by Gasteiger charge is 2.05. The van der Waals surface area contributed by atoms with Crippen molar-refractivity contribution >= 4 is 0 Å². The van der Waals surface area contributed by atoms with Gasteiger partial charge < -0.3 is 9.67 Å². The Morgan fingerprint density at radius 3 is 2.35 bits per heavy atom. The van der Waals surface area contributed by atoms with E-state index in [4.69, 9.17) is 0 Å². The molecule has 0 spiro atoms. The molecule has 2 aromatic rings. The van der Waals surface area contributed by atoms with Gasteiger partial charge in [-0.1, -0.05) is 30.3 Å². The van der Waals surface area contributed by atoms with Gasteiger partial charge in [-0.05, 0) is 12.0 Å². The van der Waals surface area contributed by atoms with Crippen molar-refractivity contribution in [2.45, 2.75) is 19.1 Å². The van der Waals surface area contributed by atoms with E-state index in [0.717, 1.165) is 5.56 Å². The quantitative estimate of drug-likeness (QED) is 0.871. The Hall–Kier alpha value is -1.87. The zero-order chi connectivity index (χ0) is 12.1. The molecule has 3 heteroatoms. The Balaban J connectivity index is 1.94. The Morgan fingerprint density at radius 1 is 1.06 bits per heavy atom. The lowest BCUT2D eigenvalue weighted by atomic mass is 10.1. The van der Waals surface area contributed by atoms with Crippen molar-refractivity contribution in [3.05, 3.63) is 70.6 Å². The van der Waals surface area contributed by atoms with Gasteiger partial charge >= 0.3 is 0 Å². The fraction of sp³-hybridized carbons (Fsp3) is 0.214. The van der Waals surface area contributed by atoms with E-state index in [9.17, 15) is 9.90 Å². The number of aliphatic hydroxyl groups excluding tert-OH is 1. The minimum Gasteiger partial charge on any atom is -0.388 e. The minimum atomic E-state index is -0.462. The third-order valence-corrected chi connectivity index (χ3v) is 2.71. The maximum absolute atomic E-state index is 10.9. The van der Waals surface area contributed by atoms with Gasteiger partial charge in [0.25, 0.3) is 0 Å².